The molecule has 32 heavy (non-hydrogen) atoms. The van der Waals surface area contributed by atoms with Gasteiger partial charge in [0.05, 0.1) is 6.20 Å². The molecule has 2 N–H and O–H groups in total. The second kappa shape index (κ2) is 8.25. The number of nitrogens with zero attached hydrogens (tertiary/aromatic N) is 6. The molecule has 1 atom stereocenters. The summed E-state index contributed by atoms with van der Waals surface area (Å²) in [6.07, 6.45) is 8.73. The van der Waals surface area contributed by atoms with Gasteiger partial charge in [-0.15, -0.1) is 0 Å². The second-order valence-corrected chi connectivity index (χ2v) is 7.62. The van der Waals surface area contributed by atoms with Crippen LogP contribution in [0.5, 0.6) is 0 Å². The Balaban J connectivity index is 1.37. The van der Waals surface area contributed by atoms with Gasteiger partial charge in [0.25, 0.3) is 5.91 Å². The molecule has 4 aromatic rings. The molecule has 0 aliphatic heterocycles. The number of fused-ring (bicyclic) bond motifs is 1. The van der Waals surface area contributed by atoms with Crippen LogP contribution in [0.3, 0.4) is 0 Å². The third kappa shape index (κ3) is 3.96. The van der Waals surface area contributed by atoms with E-state index in [0.29, 0.717) is 35.6 Å². The Morgan fingerprint density at radius 3 is 3.09 bits per heavy atom. The Bertz CT molecular complexity index is 1330. The second-order valence-electron chi connectivity index (χ2n) is 7.62. The molecule has 0 saturated heterocycles. The molecule has 0 radical (unpaired) electrons. The number of carbonyl (C=O) groups is 1. The Labute approximate surface area is 181 Å². The van der Waals surface area contributed by atoms with Crippen molar-refractivity contribution in [2.45, 2.75) is 38.6 Å². The van der Waals surface area contributed by atoms with Crippen LogP contribution >= 0.6 is 0 Å². The highest BCUT2D eigenvalue weighted by molar-refractivity contribution is 5.94. The van der Waals surface area contributed by atoms with Crippen LogP contribution in [-0.4, -0.2) is 47.7 Å². The highest BCUT2D eigenvalue weighted by atomic mass is 19.1. The average molecular weight is 434 g/mol. The molecule has 1 aliphatic rings. The predicted octanol–water partition coefficient (Wildman–Crippen LogP) is 3.30. The molecule has 5 rings (SSSR count). The number of aryl methyl sites for hydroxylation is 1. The maximum Gasteiger partial charge on any atom is 0.273 e. The van der Waals surface area contributed by atoms with Crippen molar-refractivity contribution in [2.75, 3.05) is 0 Å². The van der Waals surface area contributed by atoms with Gasteiger partial charge in [0, 0.05) is 47.6 Å². The Hall–Kier alpha value is -4.02. The van der Waals surface area contributed by atoms with Gasteiger partial charge in [-0.1, -0.05) is 5.16 Å². The summed E-state index contributed by atoms with van der Waals surface area (Å²) in [6.45, 7) is 1.73. The predicted molar refractivity (Wildman–Crippen MR) is 113 cm³/mol. The van der Waals surface area contributed by atoms with Crippen LogP contribution in [0.4, 0.5) is 10.2 Å². The molecular weight excluding hydrogens is 415 g/mol. The van der Waals surface area contributed by atoms with Crippen LogP contribution < -0.4 is 5.32 Å². The molecule has 4 heterocycles. The lowest BCUT2D eigenvalue weighted by molar-refractivity contribution is 0.0925. The molecule has 162 valence electrons. The minimum atomic E-state index is -0.610. The van der Waals surface area contributed by atoms with Gasteiger partial charge < -0.3 is 14.8 Å². The quantitative estimate of drug-likeness (QED) is 0.503. The van der Waals surface area contributed by atoms with E-state index in [9.17, 15) is 9.18 Å². The first kappa shape index (κ1) is 19.9. The van der Waals surface area contributed by atoms with Gasteiger partial charge in [0.2, 0.25) is 0 Å². The van der Waals surface area contributed by atoms with Crippen molar-refractivity contribution >= 4 is 28.5 Å². The van der Waals surface area contributed by atoms with Crippen LogP contribution in [0.15, 0.2) is 40.5 Å². The lowest BCUT2D eigenvalue weighted by atomic mass is 9.93. The molecule has 1 saturated carbocycles. The number of amides is 1. The summed E-state index contributed by atoms with van der Waals surface area (Å²) >= 11 is 0. The summed E-state index contributed by atoms with van der Waals surface area (Å²) in [7, 11) is 0. The van der Waals surface area contributed by atoms with Crippen LogP contribution in [0.1, 0.15) is 41.9 Å². The van der Waals surface area contributed by atoms with E-state index in [1.807, 2.05) is 0 Å². The molecule has 0 unspecified atom stereocenters. The van der Waals surface area contributed by atoms with E-state index in [-0.39, 0.29) is 23.5 Å². The number of hydrogen-bond acceptors (Lipinski definition) is 8. The molecule has 11 heteroatoms. The lowest BCUT2D eigenvalue weighted by Gasteiger charge is -2.24. The minimum absolute atomic E-state index is 0.0321. The van der Waals surface area contributed by atoms with E-state index in [4.69, 9.17) is 4.52 Å². The van der Waals surface area contributed by atoms with Crippen molar-refractivity contribution in [1.29, 1.82) is 0 Å². The number of aromatic amines is 1. The minimum Gasteiger partial charge on any atom is -0.361 e. The summed E-state index contributed by atoms with van der Waals surface area (Å²) < 4.78 is 19.4. The van der Waals surface area contributed by atoms with Crippen molar-refractivity contribution in [3.8, 4) is 11.4 Å². The number of aliphatic imine (C=N–C) groups is 1. The molecule has 10 nitrogen and oxygen atoms in total. The topological polar surface area (TPSA) is 135 Å². The first-order valence-electron chi connectivity index (χ1n) is 10.2. The van der Waals surface area contributed by atoms with Gasteiger partial charge in [-0.3, -0.25) is 4.79 Å². The molecule has 1 amide bonds. The van der Waals surface area contributed by atoms with Gasteiger partial charge in [0.15, 0.2) is 23.2 Å². The zero-order valence-corrected chi connectivity index (χ0v) is 17.2. The molecule has 0 bridgehead atoms. The Morgan fingerprint density at radius 2 is 2.25 bits per heavy atom. The summed E-state index contributed by atoms with van der Waals surface area (Å²) in [5.41, 5.74) is 2.31. The monoisotopic (exact) mass is 434 g/mol. The van der Waals surface area contributed by atoms with E-state index in [2.05, 4.69) is 40.4 Å². The zero-order chi connectivity index (χ0) is 22.1. The normalized spacial score (nSPS) is 17.7. The molecule has 4 aromatic heterocycles. The molecule has 1 aliphatic carbocycles. The van der Waals surface area contributed by atoms with E-state index >= 15 is 0 Å². The molecule has 1 fully saturated rings. The summed E-state index contributed by atoms with van der Waals surface area (Å²) in [6, 6.07) is 1.46. The van der Waals surface area contributed by atoms with Gasteiger partial charge >= 0.3 is 0 Å². The fourth-order valence-corrected chi connectivity index (χ4v) is 3.76. The first-order chi connectivity index (χ1) is 15.6. The Morgan fingerprint density at radius 1 is 1.34 bits per heavy atom. The van der Waals surface area contributed by atoms with Gasteiger partial charge in [-0.25, -0.2) is 29.3 Å². The smallest absolute Gasteiger partial charge is 0.273 e. The van der Waals surface area contributed by atoms with Crippen molar-refractivity contribution in [3.63, 3.8) is 0 Å². The van der Waals surface area contributed by atoms with Crippen LogP contribution in [0, 0.1) is 12.7 Å². The highest BCUT2D eigenvalue weighted by Crippen LogP contribution is 2.27. The summed E-state index contributed by atoms with van der Waals surface area (Å²) in [5, 5.41) is 7.42. The summed E-state index contributed by atoms with van der Waals surface area (Å²) in [4.78, 5) is 36.5. The van der Waals surface area contributed by atoms with Gasteiger partial charge in [-0.05, 0) is 26.2 Å². The van der Waals surface area contributed by atoms with Crippen LogP contribution in [-0.2, 0) is 0 Å². The third-order valence-electron chi connectivity index (χ3n) is 5.28. The number of rotatable bonds is 4. The largest absolute Gasteiger partial charge is 0.361 e. The van der Waals surface area contributed by atoms with Crippen molar-refractivity contribution < 1.29 is 13.7 Å². The standard InChI is InChI=1S/C21H19FN8O2/c1-11-5-17(30-32-11)21(31)28-13-4-2-3-12(6-13)27-20-16(22)9-25-19(29-20)15-8-24-18-14(15)7-23-10-26-18/h5,7-10,13H,2-4,6H2,1H3,(H,28,31)(H,23,24,26)/b27-12+/t13-/m1/s1. The van der Waals surface area contributed by atoms with E-state index in [0.717, 1.165) is 30.1 Å². The number of H-pyrrole nitrogens is 1. The number of carbonyl (C=O) groups excluding carboxylic acids is 1. The molecule has 0 aromatic carbocycles. The van der Waals surface area contributed by atoms with Crippen LogP contribution in [0.25, 0.3) is 22.4 Å². The van der Waals surface area contributed by atoms with Crippen molar-refractivity contribution in [1.82, 2.24) is 35.4 Å². The first-order valence-corrected chi connectivity index (χ1v) is 10.2. The number of halogens is 1. The number of hydrogen-bond donors (Lipinski definition) is 2. The lowest BCUT2D eigenvalue weighted by Crippen LogP contribution is -2.38. The van der Waals surface area contributed by atoms with Crippen molar-refractivity contribution in [3.05, 3.63) is 48.3 Å². The maximum atomic E-state index is 14.5. The summed E-state index contributed by atoms with van der Waals surface area (Å²) in [5.74, 6) is -0.0475. The number of aromatic nitrogens is 6. The van der Waals surface area contributed by atoms with E-state index < -0.39 is 5.82 Å². The van der Waals surface area contributed by atoms with Crippen molar-refractivity contribution in [2.24, 2.45) is 4.99 Å². The zero-order valence-electron chi connectivity index (χ0n) is 17.2. The van der Waals surface area contributed by atoms with Gasteiger partial charge in [0.1, 0.15) is 17.7 Å². The number of nitrogens with one attached hydrogen (secondary N) is 2. The van der Waals surface area contributed by atoms with Crippen LogP contribution in [0.2, 0.25) is 0 Å². The van der Waals surface area contributed by atoms with Gasteiger partial charge in [-0.2, -0.15) is 0 Å². The SMILES string of the molecule is Cc1cc(C(=O)N[C@@H]2CCC/C(=N\c3nc(-c4c[nH]c5ncncc45)ncc3F)C2)no1. The highest BCUT2D eigenvalue weighted by Gasteiger charge is 2.23. The average Bonchev–Trinajstić information content (AvgIpc) is 3.42. The molecular formula is C21H19FN8O2. The maximum absolute atomic E-state index is 14.5. The van der Waals surface area contributed by atoms with E-state index in [1.165, 1.54) is 6.33 Å². The fraction of sp³-hybridized carbons (Fsp3) is 0.286. The Kier molecular flexibility index (Phi) is 5.13. The third-order valence-corrected chi connectivity index (χ3v) is 5.28. The molecule has 0 spiro atoms. The fourth-order valence-electron chi connectivity index (χ4n) is 3.76. The van der Waals surface area contributed by atoms with E-state index in [1.54, 1.807) is 25.4 Å².